The summed E-state index contributed by atoms with van der Waals surface area (Å²) in [6.07, 6.45) is 1.92. The Morgan fingerprint density at radius 3 is 2.23 bits per heavy atom. The first-order chi connectivity index (χ1) is 6.01. The average molecular weight is 219 g/mol. The molecule has 0 aliphatic carbocycles. The highest BCUT2D eigenvalue weighted by molar-refractivity contribution is 7.98. The molecular weight excluding hydrogens is 210 g/mol. The van der Waals surface area contributed by atoms with Crippen molar-refractivity contribution >= 4 is 27.8 Å². The summed E-state index contributed by atoms with van der Waals surface area (Å²) in [6, 6.07) is 6.69. The van der Waals surface area contributed by atoms with Crippen molar-refractivity contribution in [3.63, 3.8) is 0 Å². The molecule has 0 heterocycles. The maximum absolute atomic E-state index is 10.4. The van der Waals surface area contributed by atoms with Crippen molar-refractivity contribution in [1.29, 1.82) is 0 Å². The highest BCUT2D eigenvalue weighted by Crippen LogP contribution is 2.17. The molecule has 72 valence electrons. The number of hydrogen-bond acceptors (Lipinski definition) is 3. The number of benzene rings is 1. The molecule has 0 aliphatic rings. The Hall–Kier alpha value is -0.720. The number of hydrogen-bond donors (Lipinski definition) is 2. The quantitative estimate of drug-likeness (QED) is 0.599. The summed E-state index contributed by atoms with van der Waals surface area (Å²) in [5.74, 6) is 0. The van der Waals surface area contributed by atoms with Crippen molar-refractivity contribution in [2.75, 3.05) is 11.0 Å². The second-order valence-electron chi connectivity index (χ2n) is 2.31. The van der Waals surface area contributed by atoms with Crippen LogP contribution in [0, 0.1) is 0 Å². The van der Waals surface area contributed by atoms with Crippen molar-refractivity contribution in [3.05, 3.63) is 24.3 Å². The molecular formula is C7H9NO3S2. The highest BCUT2D eigenvalue weighted by atomic mass is 32.2. The zero-order chi connectivity index (χ0) is 9.90. The van der Waals surface area contributed by atoms with Gasteiger partial charge >= 0.3 is 10.3 Å². The predicted molar refractivity (Wildman–Crippen MR) is 53.4 cm³/mol. The molecule has 1 aromatic carbocycles. The van der Waals surface area contributed by atoms with Crippen LogP contribution in [-0.2, 0) is 10.3 Å². The number of anilines is 1. The molecule has 0 unspecified atom stereocenters. The largest absolute Gasteiger partial charge is 0.357 e. The molecule has 0 saturated carbocycles. The van der Waals surface area contributed by atoms with Crippen LogP contribution in [-0.4, -0.2) is 19.2 Å². The summed E-state index contributed by atoms with van der Waals surface area (Å²) in [5.41, 5.74) is 0.348. The van der Waals surface area contributed by atoms with E-state index in [2.05, 4.69) is 0 Å². The molecule has 0 spiro atoms. The van der Waals surface area contributed by atoms with Crippen molar-refractivity contribution in [3.8, 4) is 0 Å². The summed E-state index contributed by atoms with van der Waals surface area (Å²) in [4.78, 5) is 1.03. The van der Waals surface area contributed by atoms with Gasteiger partial charge in [-0.2, -0.15) is 8.42 Å². The summed E-state index contributed by atoms with van der Waals surface area (Å²) >= 11 is 1.56. The Labute approximate surface area is 81.2 Å². The molecule has 0 bridgehead atoms. The van der Waals surface area contributed by atoms with Gasteiger partial charge in [0.1, 0.15) is 0 Å². The van der Waals surface area contributed by atoms with Gasteiger partial charge in [-0.1, -0.05) is 0 Å². The highest BCUT2D eigenvalue weighted by Gasteiger charge is 2.02. The summed E-state index contributed by atoms with van der Waals surface area (Å²) in [6.45, 7) is 0. The van der Waals surface area contributed by atoms with Gasteiger partial charge in [-0.25, -0.2) is 0 Å². The molecule has 4 nitrogen and oxygen atoms in total. The third-order valence-electron chi connectivity index (χ3n) is 1.34. The minimum Gasteiger partial charge on any atom is -0.269 e. The monoisotopic (exact) mass is 219 g/mol. The minimum atomic E-state index is -4.15. The predicted octanol–water partition coefficient (Wildman–Crippen LogP) is 1.62. The van der Waals surface area contributed by atoms with Gasteiger partial charge < -0.3 is 0 Å². The number of thioether (sulfide) groups is 1. The summed E-state index contributed by atoms with van der Waals surface area (Å²) < 4.78 is 31.2. The minimum absolute atomic E-state index is 0.348. The van der Waals surface area contributed by atoms with E-state index >= 15 is 0 Å². The van der Waals surface area contributed by atoms with Crippen molar-refractivity contribution in [2.45, 2.75) is 4.90 Å². The lowest BCUT2D eigenvalue weighted by molar-refractivity contribution is 0.490. The molecule has 0 saturated heterocycles. The fourth-order valence-corrected chi connectivity index (χ4v) is 1.65. The topological polar surface area (TPSA) is 66.4 Å². The van der Waals surface area contributed by atoms with E-state index in [9.17, 15) is 8.42 Å². The maximum Gasteiger partial charge on any atom is 0.357 e. The molecule has 2 N–H and O–H groups in total. The van der Waals surface area contributed by atoms with Crippen molar-refractivity contribution < 1.29 is 13.0 Å². The molecule has 13 heavy (non-hydrogen) atoms. The molecule has 0 radical (unpaired) electrons. The molecule has 6 heteroatoms. The van der Waals surface area contributed by atoms with Gasteiger partial charge in [0, 0.05) is 4.90 Å². The lowest BCUT2D eigenvalue weighted by atomic mass is 10.3. The van der Waals surface area contributed by atoms with E-state index < -0.39 is 10.3 Å². The number of rotatable bonds is 3. The summed E-state index contributed by atoms with van der Waals surface area (Å²) in [5, 5.41) is 0. The normalized spacial score (nSPS) is 11.2. The van der Waals surface area contributed by atoms with Crippen LogP contribution in [0.5, 0.6) is 0 Å². The van der Waals surface area contributed by atoms with E-state index in [-0.39, 0.29) is 0 Å². The van der Waals surface area contributed by atoms with Gasteiger partial charge in [-0.05, 0) is 30.5 Å². The zero-order valence-corrected chi connectivity index (χ0v) is 8.52. The van der Waals surface area contributed by atoms with Crippen LogP contribution in [0.4, 0.5) is 5.69 Å². The molecule has 0 aliphatic heterocycles. The second-order valence-corrected chi connectivity index (χ2v) is 4.34. The van der Waals surface area contributed by atoms with Gasteiger partial charge in [-0.3, -0.25) is 9.27 Å². The van der Waals surface area contributed by atoms with Crippen molar-refractivity contribution in [1.82, 2.24) is 0 Å². The Balaban J connectivity index is 2.81. The SMILES string of the molecule is CSc1ccc(NS(=O)(=O)O)cc1. The zero-order valence-electron chi connectivity index (χ0n) is 6.89. The summed E-state index contributed by atoms with van der Waals surface area (Å²) in [7, 11) is -4.15. The molecule has 0 atom stereocenters. The molecule has 1 rings (SSSR count). The fourth-order valence-electron chi connectivity index (χ4n) is 0.808. The first-order valence-corrected chi connectivity index (χ1v) is 6.07. The molecule has 0 amide bonds. The van der Waals surface area contributed by atoms with E-state index in [1.165, 1.54) is 0 Å². The van der Waals surface area contributed by atoms with E-state index in [1.807, 2.05) is 11.0 Å². The van der Waals surface area contributed by atoms with Crippen LogP contribution < -0.4 is 4.72 Å². The van der Waals surface area contributed by atoms with E-state index in [0.717, 1.165) is 4.90 Å². The average Bonchev–Trinajstić information content (AvgIpc) is 2.03. The van der Waals surface area contributed by atoms with Crippen molar-refractivity contribution in [2.24, 2.45) is 0 Å². The molecule has 0 aromatic heterocycles. The van der Waals surface area contributed by atoms with E-state index in [4.69, 9.17) is 4.55 Å². The van der Waals surface area contributed by atoms with Crippen LogP contribution >= 0.6 is 11.8 Å². The van der Waals surface area contributed by atoms with Gasteiger partial charge in [0.2, 0.25) is 0 Å². The van der Waals surface area contributed by atoms with Crippen LogP contribution in [0.25, 0.3) is 0 Å². The first-order valence-electron chi connectivity index (χ1n) is 3.40. The number of nitrogens with one attached hydrogen (secondary N) is 1. The molecule has 0 fully saturated rings. The van der Waals surface area contributed by atoms with Gasteiger partial charge in [0.05, 0.1) is 5.69 Å². The molecule has 1 aromatic rings. The van der Waals surface area contributed by atoms with Gasteiger partial charge in [-0.15, -0.1) is 11.8 Å². The standard InChI is InChI=1S/C7H9NO3S2/c1-12-7-4-2-6(3-5-7)8-13(9,10)11/h2-5,8H,1H3,(H,9,10,11). The Morgan fingerprint density at radius 1 is 1.31 bits per heavy atom. The van der Waals surface area contributed by atoms with E-state index in [1.54, 1.807) is 36.0 Å². The van der Waals surface area contributed by atoms with Crippen LogP contribution in [0.3, 0.4) is 0 Å². The van der Waals surface area contributed by atoms with Crippen LogP contribution in [0.1, 0.15) is 0 Å². The third kappa shape index (κ3) is 3.67. The smallest absolute Gasteiger partial charge is 0.269 e. The van der Waals surface area contributed by atoms with Crippen LogP contribution in [0.15, 0.2) is 29.2 Å². The van der Waals surface area contributed by atoms with Crippen LogP contribution in [0.2, 0.25) is 0 Å². The second kappa shape index (κ2) is 3.99. The van der Waals surface area contributed by atoms with Gasteiger partial charge in [0.25, 0.3) is 0 Å². The Kier molecular flexibility index (Phi) is 3.18. The van der Waals surface area contributed by atoms with E-state index in [0.29, 0.717) is 5.69 Å². The lowest BCUT2D eigenvalue weighted by Gasteiger charge is -2.02. The maximum atomic E-state index is 10.4. The first kappa shape index (κ1) is 10.4. The third-order valence-corrected chi connectivity index (χ3v) is 2.57. The van der Waals surface area contributed by atoms with Gasteiger partial charge in [0.15, 0.2) is 0 Å². The fraction of sp³-hybridized carbons (Fsp3) is 0.143. The Bertz CT molecular complexity index is 371. The Morgan fingerprint density at radius 2 is 1.85 bits per heavy atom. The lowest BCUT2D eigenvalue weighted by Crippen LogP contribution is -2.09.